The van der Waals surface area contributed by atoms with E-state index in [9.17, 15) is 14.4 Å². The van der Waals surface area contributed by atoms with Gasteiger partial charge in [-0.1, -0.05) is 0 Å². The van der Waals surface area contributed by atoms with Gasteiger partial charge in [-0.3, -0.25) is 14.4 Å². The summed E-state index contributed by atoms with van der Waals surface area (Å²) in [5.41, 5.74) is 1.37. The Kier molecular flexibility index (Phi) is 5.23. The van der Waals surface area contributed by atoms with Crippen LogP contribution in [0.1, 0.15) is 19.3 Å². The lowest BCUT2D eigenvalue weighted by molar-refractivity contribution is -0.121. The largest absolute Gasteiger partial charge is 0.326 e. The number of nitrogens with one attached hydrogen (secondary N) is 1. The summed E-state index contributed by atoms with van der Waals surface area (Å²) in [4.78, 5) is 39.1. The van der Waals surface area contributed by atoms with Crippen LogP contribution < -0.4 is 10.2 Å². The molecule has 0 aromatic heterocycles. The Morgan fingerprint density at radius 3 is 2.33 bits per heavy atom. The summed E-state index contributed by atoms with van der Waals surface area (Å²) in [5, 5.41) is 2.47. The number of carbonyl (C=O) groups is 3. The molecule has 1 saturated heterocycles. The van der Waals surface area contributed by atoms with Crippen LogP contribution in [0, 0.1) is 9.49 Å². The molecule has 7 heteroatoms. The summed E-state index contributed by atoms with van der Waals surface area (Å²) in [5.74, 6) is -0.127. The maximum absolute atomic E-state index is 12.7. The van der Waals surface area contributed by atoms with Gasteiger partial charge in [0.2, 0.25) is 17.7 Å². The molecule has 27 heavy (non-hydrogen) atoms. The van der Waals surface area contributed by atoms with Gasteiger partial charge in [0.25, 0.3) is 0 Å². The van der Waals surface area contributed by atoms with Gasteiger partial charge in [0.1, 0.15) is 0 Å². The third kappa shape index (κ3) is 4.19. The van der Waals surface area contributed by atoms with Crippen molar-refractivity contribution in [2.75, 3.05) is 10.2 Å². The van der Waals surface area contributed by atoms with Crippen LogP contribution >= 0.6 is 34.4 Å². The fraction of sp³-hybridized carbons (Fsp3) is 0.250. The predicted molar refractivity (Wildman–Crippen MR) is 114 cm³/mol. The standard InChI is InChI=1S/C20H17IN2O3S/c21-13-3-7-15(8-4-13)23-18(24)11-17(20(23)26)27-16-9-5-14(6-10-16)22-19(25)12-1-2-12/h3-10,12,17H,1-2,11H2,(H,22,25). The zero-order valence-corrected chi connectivity index (χ0v) is 17.3. The minimum absolute atomic E-state index is 0.0696. The lowest BCUT2D eigenvalue weighted by Gasteiger charge is -2.15. The highest BCUT2D eigenvalue weighted by Crippen LogP contribution is 2.35. The number of halogens is 1. The molecule has 5 nitrogen and oxygen atoms in total. The molecule has 2 aromatic rings. The summed E-state index contributed by atoms with van der Waals surface area (Å²) < 4.78 is 1.05. The zero-order chi connectivity index (χ0) is 19.0. The van der Waals surface area contributed by atoms with Crippen LogP contribution in [-0.4, -0.2) is 23.0 Å². The first-order chi connectivity index (χ1) is 13.0. The highest BCUT2D eigenvalue weighted by atomic mass is 127. The topological polar surface area (TPSA) is 66.5 Å². The fourth-order valence-corrected chi connectivity index (χ4v) is 4.34. The van der Waals surface area contributed by atoms with Gasteiger partial charge in [-0.25, -0.2) is 4.90 Å². The molecule has 0 bridgehead atoms. The molecule has 1 saturated carbocycles. The van der Waals surface area contributed by atoms with Gasteiger partial charge in [-0.15, -0.1) is 11.8 Å². The average molecular weight is 492 g/mol. The summed E-state index contributed by atoms with van der Waals surface area (Å²) in [6, 6.07) is 14.8. The second-order valence-electron chi connectivity index (χ2n) is 6.64. The molecule has 1 N–H and O–H groups in total. The predicted octanol–water partition coefficient (Wildman–Crippen LogP) is 4.06. The van der Waals surface area contributed by atoms with Crippen molar-refractivity contribution in [1.82, 2.24) is 0 Å². The SMILES string of the molecule is O=C(Nc1ccc(SC2CC(=O)N(c3ccc(I)cc3)C2=O)cc1)C1CC1. The second-order valence-corrected chi connectivity index (χ2v) is 9.16. The molecular formula is C20H17IN2O3S. The van der Waals surface area contributed by atoms with E-state index < -0.39 is 5.25 Å². The number of anilines is 2. The zero-order valence-electron chi connectivity index (χ0n) is 14.4. The van der Waals surface area contributed by atoms with Crippen LogP contribution in [0.15, 0.2) is 53.4 Å². The third-order valence-corrected chi connectivity index (χ3v) is 6.45. The first kappa shape index (κ1) is 18.5. The minimum Gasteiger partial charge on any atom is -0.326 e. The van der Waals surface area contributed by atoms with Crippen LogP contribution in [0.2, 0.25) is 0 Å². The van der Waals surface area contributed by atoms with Crippen LogP contribution in [0.5, 0.6) is 0 Å². The smallest absolute Gasteiger partial charge is 0.247 e. The fourth-order valence-electron chi connectivity index (χ4n) is 2.93. The van der Waals surface area contributed by atoms with E-state index in [0.29, 0.717) is 5.69 Å². The molecule has 1 heterocycles. The van der Waals surface area contributed by atoms with Crippen molar-refractivity contribution in [2.24, 2.45) is 5.92 Å². The molecule has 2 fully saturated rings. The van der Waals surface area contributed by atoms with Crippen molar-refractivity contribution in [1.29, 1.82) is 0 Å². The van der Waals surface area contributed by atoms with E-state index in [1.165, 1.54) is 16.7 Å². The van der Waals surface area contributed by atoms with Gasteiger partial charge in [-0.2, -0.15) is 0 Å². The molecule has 2 aliphatic rings. The van der Waals surface area contributed by atoms with E-state index in [2.05, 4.69) is 27.9 Å². The Labute approximate surface area is 175 Å². The maximum Gasteiger partial charge on any atom is 0.247 e. The monoisotopic (exact) mass is 492 g/mol. The second kappa shape index (κ2) is 7.63. The average Bonchev–Trinajstić information content (AvgIpc) is 3.46. The molecule has 1 unspecified atom stereocenters. The van der Waals surface area contributed by atoms with Gasteiger partial charge in [-0.05, 0) is 84.0 Å². The summed E-state index contributed by atoms with van der Waals surface area (Å²) in [6.07, 6.45) is 2.12. The van der Waals surface area contributed by atoms with Gasteiger partial charge < -0.3 is 5.32 Å². The van der Waals surface area contributed by atoms with Crippen LogP contribution in [0.4, 0.5) is 11.4 Å². The van der Waals surface area contributed by atoms with Crippen LogP contribution in [0.25, 0.3) is 0 Å². The van der Waals surface area contributed by atoms with Crippen molar-refractivity contribution in [2.45, 2.75) is 29.4 Å². The maximum atomic E-state index is 12.7. The van der Waals surface area contributed by atoms with Crippen LogP contribution in [-0.2, 0) is 14.4 Å². The van der Waals surface area contributed by atoms with Gasteiger partial charge in [0, 0.05) is 26.5 Å². The van der Waals surface area contributed by atoms with Crippen LogP contribution in [0.3, 0.4) is 0 Å². The molecular weight excluding hydrogens is 475 g/mol. The first-order valence-corrected chi connectivity index (χ1v) is 10.7. The summed E-state index contributed by atoms with van der Waals surface area (Å²) >= 11 is 3.57. The number of imide groups is 1. The van der Waals surface area contributed by atoms with E-state index >= 15 is 0 Å². The molecule has 2 aromatic carbocycles. The summed E-state index contributed by atoms with van der Waals surface area (Å²) in [7, 11) is 0. The highest BCUT2D eigenvalue weighted by molar-refractivity contribution is 14.1. The molecule has 1 atom stereocenters. The first-order valence-electron chi connectivity index (χ1n) is 8.71. The summed E-state index contributed by atoms with van der Waals surface area (Å²) in [6.45, 7) is 0. The molecule has 0 radical (unpaired) electrons. The lowest BCUT2D eigenvalue weighted by Crippen LogP contribution is -2.31. The Hall–Kier alpha value is -1.87. The van der Waals surface area contributed by atoms with E-state index in [-0.39, 0.29) is 30.1 Å². The molecule has 138 valence electrons. The van der Waals surface area contributed by atoms with Crippen molar-refractivity contribution in [3.8, 4) is 0 Å². The quantitative estimate of drug-likeness (QED) is 0.505. The van der Waals surface area contributed by atoms with E-state index in [1.54, 1.807) is 12.1 Å². The van der Waals surface area contributed by atoms with Gasteiger partial charge >= 0.3 is 0 Å². The van der Waals surface area contributed by atoms with Gasteiger partial charge in [0.15, 0.2) is 0 Å². The number of hydrogen-bond donors (Lipinski definition) is 1. The minimum atomic E-state index is -0.427. The molecule has 3 amide bonds. The van der Waals surface area contributed by atoms with E-state index in [1.807, 2.05) is 36.4 Å². The highest BCUT2D eigenvalue weighted by Gasteiger charge is 2.40. The Morgan fingerprint density at radius 2 is 1.70 bits per heavy atom. The van der Waals surface area contributed by atoms with Crippen molar-refractivity contribution >= 4 is 63.4 Å². The number of benzene rings is 2. The number of carbonyl (C=O) groups excluding carboxylic acids is 3. The number of hydrogen-bond acceptors (Lipinski definition) is 4. The number of rotatable bonds is 5. The lowest BCUT2D eigenvalue weighted by atomic mass is 10.3. The number of thioether (sulfide) groups is 1. The molecule has 1 aliphatic heterocycles. The Morgan fingerprint density at radius 1 is 1.04 bits per heavy atom. The van der Waals surface area contributed by atoms with Crippen molar-refractivity contribution < 1.29 is 14.4 Å². The molecule has 1 aliphatic carbocycles. The number of amides is 3. The third-order valence-electron chi connectivity index (χ3n) is 4.54. The van der Waals surface area contributed by atoms with Crippen molar-refractivity contribution in [3.05, 3.63) is 52.1 Å². The number of nitrogens with zero attached hydrogens (tertiary/aromatic N) is 1. The van der Waals surface area contributed by atoms with Crippen molar-refractivity contribution in [3.63, 3.8) is 0 Å². The van der Waals surface area contributed by atoms with Gasteiger partial charge in [0.05, 0.1) is 10.9 Å². The molecule has 0 spiro atoms. The normalized spacial score (nSPS) is 19.4. The van der Waals surface area contributed by atoms with E-state index in [4.69, 9.17) is 0 Å². The Balaban J connectivity index is 1.42. The Bertz CT molecular complexity index is 894. The van der Waals surface area contributed by atoms with E-state index in [0.717, 1.165) is 27.0 Å². The molecule has 4 rings (SSSR count).